The third-order valence-corrected chi connectivity index (χ3v) is 2.05. The summed E-state index contributed by atoms with van der Waals surface area (Å²) < 4.78 is 30.0. The average molecular weight is 245 g/mol. The van der Waals surface area contributed by atoms with Crippen LogP contribution in [-0.4, -0.2) is 17.6 Å². The number of aromatic nitrogens is 1. The quantitative estimate of drug-likeness (QED) is 0.778. The highest BCUT2D eigenvalue weighted by Crippen LogP contribution is 2.27. The number of nitrogen functional groups attached to an aromatic ring is 1. The number of nitrogens with zero attached hydrogens (tertiary/aromatic N) is 1. The third kappa shape index (κ3) is 2.88. The second-order valence-electron chi connectivity index (χ2n) is 3.19. The standard InChI is InChI=1S/C10H13F2N3O2/c1-2-17-10(16)6-3-5(4-13)15-8(7(6)14)9(11)12/h3,9H,2,4,13-14H2,1H3. The van der Waals surface area contributed by atoms with Gasteiger partial charge in [-0.2, -0.15) is 0 Å². The fourth-order valence-corrected chi connectivity index (χ4v) is 1.28. The van der Waals surface area contributed by atoms with E-state index in [1.54, 1.807) is 6.92 Å². The maximum Gasteiger partial charge on any atom is 0.340 e. The first-order valence-corrected chi connectivity index (χ1v) is 4.95. The highest BCUT2D eigenvalue weighted by atomic mass is 19.3. The van der Waals surface area contributed by atoms with E-state index in [9.17, 15) is 13.6 Å². The highest BCUT2D eigenvalue weighted by Gasteiger charge is 2.21. The maximum atomic E-state index is 12.6. The molecule has 0 bridgehead atoms. The Morgan fingerprint density at radius 2 is 2.24 bits per heavy atom. The summed E-state index contributed by atoms with van der Waals surface area (Å²) in [5.41, 5.74) is 9.80. The molecule has 0 aromatic carbocycles. The van der Waals surface area contributed by atoms with Crippen LogP contribution >= 0.6 is 0 Å². The average Bonchev–Trinajstić information content (AvgIpc) is 2.29. The molecule has 94 valence electrons. The van der Waals surface area contributed by atoms with Crippen LogP contribution in [0.25, 0.3) is 0 Å². The first kappa shape index (κ1) is 13.3. The zero-order chi connectivity index (χ0) is 13.0. The molecule has 1 aromatic heterocycles. The normalized spacial score (nSPS) is 10.6. The summed E-state index contributed by atoms with van der Waals surface area (Å²) in [5, 5.41) is 0. The van der Waals surface area contributed by atoms with Gasteiger partial charge in [-0.05, 0) is 13.0 Å². The maximum absolute atomic E-state index is 12.6. The Morgan fingerprint density at radius 1 is 1.59 bits per heavy atom. The summed E-state index contributed by atoms with van der Waals surface area (Å²) >= 11 is 0. The SMILES string of the molecule is CCOC(=O)c1cc(CN)nc(C(F)F)c1N. The van der Waals surface area contributed by atoms with Crippen molar-refractivity contribution in [3.05, 3.63) is 23.0 Å². The lowest BCUT2D eigenvalue weighted by atomic mass is 10.1. The number of rotatable bonds is 4. The van der Waals surface area contributed by atoms with Crippen LogP contribution in [0.15, 0.2) is 6.07 Å². The number of hydrogen-bond acceptors (Lipinski definition) is 5. The number of esters is 1. The minimum absolute atomic E-state index is 0.0631. The molecule has 4 N–H and O–H groups in total. The van der Waals surface area contributed by atoms with E-state index in [1.165, 1.54) is 6.07 Å². The molecule has 0 saturated carbocycles. The van der Waals surface area contributed by atoms with Crippen LogP contribution in [0.4, 0.5) is 14.5 Å². The van der Waals surface area contributed by atoms with Crippen molar-refractivity contribution in [3.8, 4) is 0 Å². The smallest absolute Gasteiger partial charge is 0.340 e. The summed E-state index contributed by atoms with van der Waals surface area (Å²) in [6.45, 7) is 1.67. The first-order chi connectivity index (χ1) is 8.01. The number of alkyl halides is 2. The van der Waals surface area contributed by atoms with Gasteiger partial charge in [0.25, 0.3) is 6.43 Å². The topological polar surface area (TPSA) is 91.2 Å². The zero-order valence-corrected chi connectivity index (χ0v) is 9.24. The molecular formula is C10H13F2N3O2. The van der Waals surface area contributed by atoms with Crippen molar-refractivity contribution in [2.45, 2.75) is 19.9 Å². The van der Waals surface area contributed by atoms with Crippen LogP contribution in [-0.2, 0) is 11.3 Å². The van der Waals surface area contributed by atoms with E-state index >= 15 is 0 Å². The number of anilines is 1. The molecule has 0 aliphatic rings. The molecule has 0 fully saturated rings. The fourth-order valence-electron chi connectivity index (χ4n) is 1.28. The molecule has 0 atom stereocenters. The fraction of sp³-hybridized carbons (Fsp3) is 0.400. The zero-order valence-electron chi connectivity index (χ0n) is 9.24. The van der Waals surface area contributed by atoms with Gasteiger partial charge in [-0.25, -0.2) is 18.6 Å². The van der Waals surface area contributed by atoms with Gasteiger partial charge in [-0.1, -0.05) is 0 Å². The van der Waals surface area contributed by atoms with Crippen LogP contribution in [0, 0.1) is 0 Å². The van der Waals surface area contributed by atoms with E-state index in [0.29, 0.717) is 0 Å². The molecule has 0 spiro atoms. The van der Waals surface area contributed by atoms with E-state index < -0.39 is 18.1 Å². The van der Waals surface area contributed by atoms with Crippen LogP contribution in [0.3, 0.4) is 0 Å². The molecule has 0 unspecified atom stereocenters. The van der Waals surface area contributed by atoms with E-state index in [2.05, 4.69) is 4.98 Å². The van der Waals surface area contributed by atoms with Gasteiger partial charge < -0.3 is 16.2 Å². The minimum atomic E-state index is -2.87. The van der Waals surface area contributed by atoms with Crippen LogP contribution in [0.2, 0.25) is 0 Å². The largest absolute Gasteiger partial charge is 0.462 e. The molecule has 0 saturated heterocycles. The first-order valence-electron chi connectivity index (χ1n) is 4.95. The van der Waals surface area contributed by atoms with E-state index in [0.717, 1.165) is 0 Å². The molecule has 1 aromatic rings. The van der Waals surface area contributed by atoms with Crippen molar-refractivity contribution in [1.29, 1.82) is 0 Å². The Balaban J connectivity index is 3.28. The van der Waals surface area contributed by atoms with Crippen LogP contribution in [0.5, 0.6) is 0 Å². The predicted octanol–water partition coefficient (Wildman–Crippen LogP) is 1.24. The lowest BCUT2D eigenvalue weighted by Gasteiger charge is -2.11. The summed E-state index contributed by atoms with van der Waals surface area (Å²) in [6, 6.07) is 1.26. The van der Waals surface area contributed by atoms with Gasteiger partial charge in [0.2, 0.25) is 0 Å². The van der Waals surface area contributed by atoms with E-state index in [-0.39, 0.29) is 30.1 Å². The van der Waals surface area contributed by atoms with Gasteiger partial charge in [0, 0.05) is 6.54 Å². The molecule has 7 heteroatoms. The van der Waals surface area contributed by atoms with E-state index in [1.807, 2.05) is 0 Å². The second kappa shape index (κ2) is 5.53. The molecule has 1 rings (SSSR count). The molecule has 17 heavy (non-hydrogen) atoms. The van der Waals surface area contributed by atoms with Crippen molar-refractivity contribution >= 4 is 11.7 Å². The monoisotopic (exact) mass is 245 g/mol. The van der Waals surface area contributed by atoms with Crippen molar-refractivity contribution in [2.75, 3.05) is 12.3 Å². The number of carbonyl (C=O) groups excluding carboxylic acids is 1. The summed E-state index contributed by atoms with van der Waals surface area (Å²) in [6.07, 6.45) is -2.87. The summed E-state index contributed by atoms with van der Waals surface area (Å²) in [5.74, 6) is -0.760. The number of hydrogen-bond donors (Lipinski definition) is 2. The van der Waals surface area contributed by atoms with Crippen molar-refractivity contribution in [2.24, 2.45) is 5.73 Å². The Kier molecular flexibility index (Phi) is 4.33. The van der Waals surface area contributed by atoms with E-state index in [4.69, 9.17) is 16.2 Å². The van der Waals surface area contributed by atoms with Gasteiger partial charge >= 0.3 is 5.97 Å². The second-order valence-corrected chi connectivity index (χ2v) is 3.19. The minimum Gasteiger partial charge on any atom is -0.462 e. The van der Waals surface area contributed by atoms with Gasteiger partial charge in [0.1, 0.15) is 5.69 Å². The van der Waals surface area contributed by atoms with Gasteiger partial charge in [0.05, 0.1) is 23.6 Å². The summed E-state index contributed by atoms with van der Waals surface area (Å²) in [7, 11) is 0. The predicted molar refractivity (Wildman–Crippen MR) is 57.5 cm³/mol. The van der Waals surface area contributed by atoms with Crippen molar-refractivity contribution in [1.82, 2.24) is 4.98 Å². The Morgan fingerprint density at radius 3 is 2.71 bits per heavy atom. The number of halogens is 2. The molecule has 0 amide bonds. The molecular weight excluding hydrogens is 232 g/mol. The number of pyridine rings is 1. The molecule has 0 aliphatic heterocycles. The van der Waals surface area contributed by atoms with Gasteiger partial charge in [-0.15, -0.1) is 0 Å². The Hall–Kier alpha value is -1.76. The Bertz CT molecular complexity index is 424. The van der Waals surface area contributed by atoms with Gasteiger partial charge in [0.15, 0.2) is 0 Å². The van der Waals surface area contributed by atoms with Crippen LogP contribution < -0.4 is 11.5 Å². The molecule has 0 radical (unpaired) electrons. The Labute approximate surface area is 96.8 Å². The van der Waals surface area contributed by atoms with Gasteiger partial charge in [-0.3, -0.25) is 0 Å². The molecule has 0 aliphatic carbocycles. The highest BCUT2D eigenvalue weighted by molar-refractivity contribution is 5.95. The lowest BCUT2D eigenvalue weighted by Crippen LogP contribution is -2.14. The number of carbonyl (C=O) groups is 1. The van der Waals surface area contributed by atoms with Crippen molar-refractivity contribution in [3.63, 3.8) is 0 Å². The van der Waals surface area contributed by atoms with Crippen molar-refractivity contribution < 1.29 is 18.3 Å². The molecule has 1 heterocycles. The molecule has 5 nitrogen and oxygen atoms in total. The third-order valence-electron chi connectivity index (χ3n) is 2.05. The lowest BCUT2D eigenvalue weighted by molar-refractivity contribution is 0.0527. The summed E-state index contributed by atoms with van der Waals surface area (Å²) in [4.78, 5) is 15.1. The number of ether oxygens (including phenoxy) is 1. The van der Waals surface area contributed by atoms with Crippen LogP contribution in [0.1, 0.15) is 35.1 Å². The number of nitrogens with two attached hydrogens (primary N) is 2.